The molecular formula is C13H14FN3O2. The van der Waals surface area contributed by atoms with Crippen molar-refractivity contribution in [1.29, 1.82) is 0 Å². The second kappa shape index (κ2) is 4.60. The van der Waals surface area contributed by atoms with Gasteiger partial charge in [-0.25, -0.2) is 4.39 Å². The van der Waals surface area contributed by atoms with E-state index in [0.29, 0.717) is 19.0 Å². The maximum Gasteiger partial charge on any atom is 0.253 e. The Bertz CT molecular complexity index is 530. The minimum Gasteiger partial charge on any atom is -0.347 e. The Morgan fingerprint density at radius 2 is 2.21 bits per heavy atom. The van der Waals surface area contributed by atoms with Gasteiger partial charge < -0.3 is 10.2 Å². The molecule has 5 nitrogen and oxygen atoms in total. The van der Waals surface area contributed by atoms with Gasteiger partial charge in [-0.15, -0.1) is 0 Å². The van der Waals surface area contributed by atoms with Crippen LogP contribution in [0.5, 0.6) is 0 Å². The summed E-state index contributed by atoms with van der Waals surface area (Å²) >= 11 is 0. The summed E-state index contributed by atoms with van der Waals surface area (Å²) in [6.45, 7) is 0.554. The van der Waals surface area contributed by atoms with Crippen molar-refractivity contribution >= 4 is 11.8 Å². The van der Waals surface area contributed by atoms with Crippen molar-refractivity contribution in [1.82, 2.24) is 15.2 Å². The van der Waals surface area contributed by atoms with E-state index in [9.17, 15) is 14.0 Å². The highest BCUT2D eigenvalue weighted by Crippen LogP contribution is 2.30. The van der Waals surface area contributed by atoms with E-state index in [-0.39, 0.29) is 23.4 Å². The molecule has 0 radical (unpaired) electrons. The number of halogens is 1. The fourth-order valence-corrected chi connectivity index (χ4v) is 2.37. The van der Waals surface area contributed by atoms with E-state index in [1.165, 1.54) is 6.20 Å². The molecule has 1 aromatic rings. The van der Waals surface area contributed by atoms with Crippen LogP contribution in [-0.2, 0) is 4.79 Å². The monoisotopic (exact) mass is 263 g/mol. The minimum absolute atomic E-state index is 0.0881. The molecule has 1 N–H and O–H groups in total. The number of amides is 2. The summed E-state index contributed by atoms with van der Waals surface area (Å²) < 4.78 is 13.0. The number of hydrogen-bond donors (Lipinski definition) is 1. The number of likely N-dealkylation sites (tertiary alicyclic amines) is 1. The van der Waals surface area contributed by atoms with Crippen molar-refractivity contribution in [2.24, 2.45) is 0 Å². The molecule has 19 heavy (non-hydrogen) atoms. The summed E-state index contributed by atoms with van der Waals surface area (Å²) in [5.41, 5.74) is 0.178. The van der Waals surface area contributed by atoms with E-state index in [0.717, 1.165) is 25.1 Å². The van der Waals surface area contributed by atoms with Gasteiger partial charge in [0.05, 0.1) is 17.8 Å². The van der Waals surface area contributed by atoms with Crippen LogP contribution in [0.3, 0.4) is 0 Å². The molecule has 1 atom stereocenters. The molecule has 0 spiro atoms. The highest BCUT2D eigenvalue weighted by molar-refractivity contribution is 5.94. The van der Waals surface area contributed by atoms with Gasteiger partial charge in [-0.1, -0.05) is 0 Å². The number of pyridine rings is 1. The molecule has 100 valence electrons. The number of carbonyl (C=O) groups excluding carboxylic acids is 2. The standard InChI is InChI=1S/C13H14FN3O2/c14-9-3-8(5-15-6-9)13(19)16-10-4-12(18)17(7-10)11-1-2-11/h3,5-6,10-11H,1-2,4,7H2,(H,16,19). The maximum absolute atomic E-state index is 13.0. The molecule has 6 heteroatoms. The zero-order valence-corrected chi connectivity index (χ0v) is 10.3. The Labute approximate surface area is 109 Å². The van der Waals surface area contributed by atoms with Crippen molar-refractivity contribution in [3.8, 4) is 0 Å². The Kier molecular flexibility index (Phi) is 2.93. The third-order valence-corrected chi connectivity index (χ3v) is 3.45. The minimum atomic E-state index is -0.547. The van der Waals surface area contributed by atoms with Gasteiger partial charge in [-0.05, 0) is 18.9 Å². The molecule has 2 fully saturated rings. The zero-order valence-electron chi connectivity index (χ0n) is 10.3. The molecule has 1 aliphatic heterocycles. The van der Waals surface area contributed by atoms with Crippen LogP contribution in [0.2, 0.25) is 0 Å². The number of rotatable bonds is 3. The van der Waals surface area contributed by atoms with E-state index in [1.807, 2.05) is 4.90 Å². The Morgan fingerprint density at radius 1 is 1.42 bits per heavy atom. The fourth-order valence-electron chi connectivity index (χ4n) is 2.37. The van der Waals surface area contributed by atoms with E-state index in [2.05, 4.69) is 10.3 Å². The number of nitrogens with zero attached hydrogens (tertiary/aromatic N) is 2. The van der Waals surface area contributed by atoms with Crippen LogP contribution in [0.4, 0.5) is 4.39 Å². The summed E-state index contributed by atoms with van der Waals surface area (Å²) in [6.07, 6.45) is 4.80. The summed E-state index contributed by atoms with van der Waals surface area (Å²) in [6, 6.07) is 1.31. The summed E-state index contributed by atoms with van der Waals surface area (Å²) in [5.74, 6) is -0.845. The number of carbonyl (C=O) groups is 2. The average Bonchev–Trinajstić information content (AvgIpc) is 3.14. The predicted octanol–water partition coefficient (Wildman–Crippen LogP) is 0.714. The molecule has 0 bridgehead atoms. The molecule has 2 heterocycles. The molecule has 0 aromatic carbocycles. The largest absolute Gasteiger partial charge is 0.347 e. The Morgan fingerprint density at radius 3 is 2.89 bits per heavy atom. The van der Waals surface area contributed by atoms with E-state index in [4.69, 9.17) is 0 Å². The first kappa shape index (κ1) is 12.1. The van der Waals surface area contributed by atoms with Crippen LogP contribution >= 0.6 is 0 Å². The number of aromatic nitrogens is 1. The van der Waals surface area contributed by atoms with Gasteiger partial charge in [0.25, 0.3) is 5.91 Å². The second-order valence-electron chi connectivity index (χ2n) is 5.04. The highest BCUT2D eigenvalue weighted by atomic mass is 19.1. The van der Waals surface area contributed by atoms with E-state index >= 15 is 0 Å². The van der Waals surface area contributed by atoms with Gasteiger partial charge >= 0.3 is 0 Å². The van der Waals surface area contributed by atoms with Crippen LogP contribution in [0.1, 0.15) is 29.6 Å². The zero-order chi connectivity index (χ0) is 13.4. The van der Waals surface area contributed by atoms with Gasteiger partial charge in [0.1, 0.15) is 5.82 Å². The van der Waals surface area contributed by atoms with Crippen LogP contribution in [0.25, 0.3) is 0 Å². The molecule has 1 saturated heterocycles. The number of hydrogen-bond acceptors (Lipinski definition) is 3. The smallest absolute Gasteiger partial charge is 0.253 e. The third kappa shape index (κ3) is 2.57. The normalized spacial score (nSPS) is 22.7. The Balaban J connectivity index is 1.62. The van der Waals surface area contributed by atoms with Gasteiger partial charge in [-0.2, -0.15) is 0 Å². The first-order valence-electron chi connectivity index (χ1n) is 6.34. The molecular weight excluding hydrogens is 249 g/mol. The lowest BCUT2D eigenvalue weighted by molar-refractivity contribution is -0.128. The Hall–Kier alpha value is -1.98. The van der Waals surface area contributed by atoms with Crippen LogP contribution < -0.4 is 5.32 Å². The second-order valence-corrected chi connectivity index (χ2v) is 5.04. The molecule has 3 rings (SSSR count). The maximum atomic E-state index is 13.0. The molecule has 1 aromatic heterocycles. The van der Waals surface area contributed by atoms with E-state index in [1.54, 1.807) is 0 Å². The summed E-state index contributed by atoms with van der Waals surface area (Å²) in [5, 5.41) is 2.76. The van der Waals surface area contributed by atoms with Crippen molar-refractivity contribution in [3.05, 3.63) is 29.8 Å². The molecule has 1 aliphatic carbocycles. The lowest BCUT2D eigenvalue weighted by Crippen LogP contribution is -2.37. The first-order valence-corrected chi connectivity index (χ1v) is 6.34. The van der Waals surface area contributed by atoms with Crippen molar-refractivity contribution in [2.45, 2.75) is 31.3 Å². The average molecular weight is 263 g/mol. The highest BCUT2D eigenvalue weighted by Gasteiger charge is 2.39. The van der Waals surface area contributed by atoms with Gasteiger partial charge in [-0.3, -0.25) is 14.6 Å². The first-order chi connectivity index (χ1) is 9.13. The SMILES string of the molecule is O=C(NC1CC(=O)N(C2CC2)C1)c1cncc(F)c1. The third-order valence-electron chi connectivity index (χ3n) is 3.45. The summed E-state index contributed by atoms with van der Waals surface area (Å²) in [4.78, 5) is 29.1. The van der Waals surface area contributed by atoms with Crippen molar-refractivity contribution in [2.75, 3.05) is 6.54 Å². The number of nitrogens with one attached hydrogen (secondary N) is 1. The van der Waals surface area contributed by atoms with Crippen LogP contribution in [-0.4, -0.2) is 40.3 Å². The van der Waals surface area contributed by atoms with Crippen molar-refractivity contribution < 1.29 is 14.0 Å². The fraction of sp³-hybridized carbons (Fsp3) is 0.462. The lowest BCUT2D eigenvalue weighted by Gasteiger charge is -2.16. The van der Waals surface area contributed by atoms with Gasteiger partial charge in [0.2, 0.25) is 5.91 Å². The van der Waals surface area contributed by atoms with Gasteiger partial charge in [0, 0.05) is 25.2 Å². The quantitative estimate of drug-likeness (QED) is 0.873. The van der Waals surface area contributed by atoms with Crippen molar-refractivity contribution in [3.63, 3.8) is 0 Å². The predicted molar refractivity (Wildman–Crippen MR) is 64.8 cm³/mol. The summed E-state index contributed by atoms with van der Waals surface area (Å²) in [7, 11) is 0. The van der Waals surface area contributed by atoms with E-state index < -0.39 is 5.82 Å². The lowest BCUT2D eigenvalue weighted by atomic mass is 10.2. The molecule has 2 aliphatic rings. The molecule has 1 saturated carbocycles. The molecule has 1 unspecified atom stereocenters. The van der Waals surface area contributed by atoms with Crippen LogP contribution in [0.15, 0.2) is 18.5 Å². The topological polar surface area (TPSA) is 62.3 Å². The van der Waals surface area contributed by atoms with Gasteiger partial charge in [0.15, 0.2) is 0 Å². The van der Waals surface area contributed by atoms with Crippen LogP contribution in [0, 0.1) is 5.82 Å². The molecule has 2 amide bonds.